The van der Waals surface area contributed by atoms with Gasteiger partial charge < -0.3 is 14.6 Å². The second kappa shape index (κ2) is 6.72. The zero-order valence-electron chi connectivity index (χ0n) is 11.7. The molecule has 1 N–H and O–H groups in total. The molecule has 2 aliphatic rings. The molecule has 0 saturated heterocycles. The lowest BCUT2D eigenvalue weighted by Crippen LogP contribution is -2.05. The van der Waals surface area contributed by atoms with E-state index in [1.165, 1.54) is 25.7 Å². The molecule has 1 fully saturated rings. The number of thioether (sulfide) groups is 1. The maximum atomic E-state index is 10.3. The minimum atomic E-state index is -0.419. The molecule has 20 heavy (non-hydrogen) atoms. The molecule has 0 radical (unpaired) electrons. The summed E-state index contributed by atoms with van der Waals surface area (Å²) in [5.74, 6) is 2.33. The summed E-state index contributed by atoms with van der Waals surface area (Å²) in [5.41, 5.74) is 0.930. The van der Waals surface area contributed by atoms with Gasteiger partial charge in [0.05, 0.1) is 19.3 Å². The van der Waals surface area contributed by atoms with Gasteiger partial charge in [0.1, 0.15) is 0 Å². The predicted octanol–water partition coefficient (Wildman–Crippen LogP) is 3.56. The van der Waals surface area contributed by atoms with Crippen molar-refractivity contribution in [2.24, 2.45) is 0 Å². The number of aliphatic hydroxyl groups is 1. The minimum Gasteiger partial charge on any atom is -0.490 e. The van der Waals surface area contributed by atoms with Crippen LogP contribution in [0.4, 0.5) is 0 Å². The van der Waals surface area contributed by atoms with E-state index in [0.29, 0.717) is 13.2 Å². The number of ether oxygens (including phenoxy) is 2. The van der Waals surface area contributed by atoms with E-state index >= 15 is 0 Å². The second-order valence-corrected chi connectivity index (χ2v) is 6.85. The predicted molar refractivity (Wildman–Crippen MR) is 81.7 cm³/mol. The molecule has 1 unspecified atom stereocenters. The molecular weight excluding hydrogens is 272 g/mol. The lowest BCUT2D eigenvalue weighted by atomic mass is 10.1. The van der Waals surface area contributed by atoms with Gasteiger partial charge in [-0.1, -0.05) is 18.9 Å². The summed E-state index contributed by atoms with van der Waals surface area (Å²) < 4.78 is 11.3. The summed E-state index contributed by atoms with van der Waals surface area (Å²) in [6, 6.07) is 5.80. The topological polar surface area (TPSA) is 38.7 Å². The summed E-state index contributed by atoms with van der Waals surface area (Å²) in [4.78, 5) is 0. The van der Waals surface area contributed by atoms with E-state index in [1.807, 2.05) is 30.0 Å². The highest BCUT2D eigenvalue weighted by Gasteiger charge is 2.19. The van der Waals surface area contributed by atoms with Gasteiger partial charge in [0.25, 0.3) is 0 Å². The van der Waals surface area contributed by atoms with Crippen molar-refractivity contribution in [3.05, 3.63) is 23.8 Å². The molecule has 0 bridgehead atoms. The molecule has 0 amide bonds. The zero-order valence-corrected chi connectivity index (χ0v) is 12.5. The van der Waals surface area contributed by atoms with Crippen molar-refractivity contribution in [1.29, 1.82) is 0 Å². The number of aliphatic hydroxyl groups excluding tert-OH is 1. The van der Waals surface area contributed by atoms with Gasteiger partial charge in [-0.25, -0.2) is 0 Å². The Morgan fingerprint density at radius 2 is 1.85 bits per heavy atom. The van der Waals surface area contributed by atoms with Crippen LogP contribution in [-0.4, -0.2) is 29.3 Å². The largest absolute Gasteiger partial charge is 0.490 e. The van der Waals surface area contributed by atoms with Crippen molar-refractivity contribution in [1.82, 2.24) is 0 Å². The van der Waals surface area contributed by atoms with Crippen molar-refractivity contribution in [2.75, 3.05) is 19.0 Å². The molecule has 1 aromatic carbocycles. The average molecular weight is 294 g/mol. The summed E-state index contributed by atoms with van der Waals surface area (Å²) in [6.07, 6.45) is 5.79. The fourth-order valence-corrected chi connectivity index (χ4v) is 4.08. The van der Waals surface area contributed by atoms with Gasteiger partial charge in [0.2, 0.25) is 0 Å². The molecule has 3 rings (SSSR count). The summed E-state index contributed by atoms with van der Waals surface area (Å²) >= 11 is 1.91. The lowest BCUT2D eigenvalue weighted by Gasteiger charge is -2.16. The first-order valence-corrected chi connectivity index (χ1v) is 8.57. The molecule has 0 spiro atoms. The van der Waals surface area contributed by atoms with Gasteiger partial charge >= 0.3 is 0 Å². The second-order valence-electron chi connectivity index (χ2n) is 5.51. The molecule has 3 nitrogen and oxygen atoms in total. The molecule has 1 saturated carbocycles. The third-order valence-corrected chi connectivity index (χ3v) is 5.40. The Morgan fingerprint density at radius 3 is 2.65 bits per heavy atom. The summed E-state index contributed by atoms with van der Waals surface area (Å²) in [7, 11) is 0. The van der Waals surface area contributed by atoms with Crippen molar-refractivity contribution in [3.8, 4) is 11.5 Å². The maximum absolute atomic E-state index is 10.3. The third-order valence-electron chi connectivity index (χ3n) is 3.95. The quantitative estimate of drug-likeness (QED) is 0.921. The van der Waals surface area contributed by atoms with Crippen molar-refractivity contribution in [2.45, 2.75) is 43.5 Å². The molecule has 0 aromatic heterocycles. The molecule has 110 valence electrons. The molecule has 1 aliphatic carbocycles. The fourth-order valence-electron chi connectivity index (χ4n) is 2.77. The average Bonchev–Trinajstić information content (AvgIpc) is 2.88. The lowest BCUT2D eigenvalue weighted by molar-refractivity contribution is 0.203. The first kappa shape index (κ1) is 14.1. The first-order valence-electron chi connectivity index (χ1n) is 7.52. The number of hydrogen-bond acceptors (Lipinski definition) is 4. The smallest absolute Gasteiger partial charge is 0.161 e. The molecule has 1 heterocycles. The number of fused-ring (bicyclic) bond motifs is 1. The summed E-state index contributed by atoms with van der Waals surface area (Å²) in [6.45, 7) is 1.38. The van der Waals surface area contributed by atoms with E-state index in [0.717, 1.165) is 34.5 Å². The van der Waals surface area contributed by atoms with E-state index in [4.69, 9.17) is 9.47 Å². The molecular formula is C16H22O3S. The third kappa shape index (κ3) is 3.41. The van der Waals surface area contributed by atoms with E-state index in [-0.39, 0.29) is 0 Å². The van der Waals surface area contributed by atoms with Gasteiger partial charge in [-0.15, -0.1) is 0 Å². The van der Waals surface area contributed by atoms with Gasteiger partial charge in [-0.3, -0.25) is 0 Å². The van der Waals surface area contributed by atoms with Crippen LogP contribution in [0.15, 0.2) is 18.2 Å². The SMILES string of the molecule is OC(CSC1CCCC1)c1ccc2c(c1)OCCCO2. The van der Waals surface area contributed by atoms with E-state index in [2.05, 4.69) is 0 Å². The van der Waals surface area contributed by atoms with Crippen LogP contribution in [0.25, 0.3) is 0 Å². The van der Waals surface area contributed by atoms with E-state index in [1.54, 1.807) is 0 Å². The van der Waals surface area contributed by atoms with E-state index < -0.39 is 6.10 Å². The number of benzene rings is 1. The van der Waals surface area contributed by atoms with Gasteiger partial charge in [-0.2, -0.15) is 11.8 Å². The first-order chi connectivity index (χ1) is 9.83. The van der Waals surface area contributed by atoms with Crippen molar-refractivity contribution < 1.29 is 14.6 Å². The normalized spacial score (nSPS) is 20.6. The van der Waals surface area contributed by atoms with Gasteiger partial charge in [0.15, 0.2) is 11.5 Å². The zero-order chi connectivity index (χ0) is 13.8. The molecule has 1 atom stereocenters. The maximum Gasteiger partial charge on any atom is 0.161 e. The molecule has 1 aromatic rings. The number of rotatable bonds is 4. The van der Waals surface area contributed by atoms with Crippen LogP contribution in [0, 0.1) is 0 Å². The van der Waals surface area contributed by atoms with Crippen LogP contribution < -0.4 is 9.47 Å². The molecule has 4 heteroatoms. The van der Waals surface area contributed by atoms with Crippen LogP contribution in [0.2, 0.25) is 0 Å². The monoisotopic (exact) mass is 294 g/mol. The standard InChI is InChI=1S/C16H22O3S/c17-14(11-20-13-4-1-2-5-13)12-6-7-15-16(10-12)19-9-3-8-18-15/h6-7,10,13-14,17H,1-5,8-9,11H2. The highest BCUT2D eigenvalue weighted by atomic mass is 32.2. The fraction of sp³-hybridized carbons (Fsp3) is 0.625. The minimum absolute atomic E-state index is 0.419. The van der Waals surface area contributed by atoms with Crippen LogP contribution >= 0.6 is 11.8 Å². The van der Waals surface area contributed by atoms with Crippen molar-refractivity contribution in [3.63, 3.8) is 0 Å². The summed E-state index contributed by atoms with van der Waals surface area (Å²) in [5, 5.41) is 11.1. The Kier molecular flexibility index (Phi) is 4.73. The van der Waals surface area contributed by atoms with Gasteiger partial charge in [-0.05, 0) is 30.5 Å². The highest BCUT2D eigenvalue weighted by molar-refractivity contribution is 7.99. The van der Waals surface area contributed by atoms with Crippen molar-refractivity contribution >= 4 is 11.8 Å². The Morgan fingerprint density at radius 1 is 1.10 bits per heavy atom. The Labute approximate surface area is 124 Å². The Balaban J connectivity index is 1.62. The van der Waals surface area contributed by atoms with E-state index in [9.17, 15) is 5.11 Å². The Bertz CT molecular complexity index is 443. The molecule has 1 aliphatic heterocycles. The number of hydrogen-bond donors (Lipinski definition) is 1. The van der Waals surface area contributed by atoms with Crippen LogP contribution in [-0.2, 0) is 0 Å². The van der Waals surface area contributed by atoms with Crippen LogP contribution in [0.5, 0.6) is 11.5 Å². The Hall–Kier alpha value is -0.870. The van der Waals surface area contributed by atoms with Crippen LogP contribution in [0.1, 0.15) is 43.8 Å². The highest BCUT2D eigenvalue weighted by Crippen LogP contribution is 2.35. The van der Waals surface area contributed by atoms with Gasteiger partial charge in [0, 0.05) is 17.4 Å². The van der Waals surface area contributed by atoms with Crippen LogP contribution in [0.3, 0.4) is 0 Å².